The van der Waals surface area contributed by atoms with Crippen LogP contribution in [0.1, 0.15) is 11.4 Å². The third-order valence-corrected chi connectivity index (χ3v) is 7.29. The van der Waals surface area contributed by atoms with Crippen molar-refractivity contribution in [3.63, 3.8) is 0 Å². The Bertz CT molecular complexity index is 1670. The maximum atomic E-state index is 12.8. The highest BCUT2D eigenvalue weighted by atomic mass is 35.5. The lowest BCUT2D eigenvalue weighted by molar-refractivity contribution is -0.139. The summed E-state index contributed by atoms with van der Waals surface area (Å²) >= 11 is 5.82. The molecule has 0 spiro atoms. The van der Waals surface area contributed by atoms with E-state index in [2.05, 4.69) is 25.0 Å². The molecule has 0 saturated heterocycles. The average Bonchev–Trinajstić information content (AvgIpc) is 2.92. The molecule has 4 rings (SSSR count). The van der Waals surface area contributed by atoms with Gasteiger partial charge in [-0.05, 0) is 54.1 Å². The molecule has 0 amide bonds. The fourth-order valence-electron chi connectivity index (χ4n) is 3.63. The van der Waals surface area contributed by atoms with Crippen LogP contribution in [-0.2, 0) is 21.2 Å². The first-order chi connectivity index (χ1) is 18.6. The Morgan fingerprint density at radius 3 is 2.62 bits per heavy atom. The minimum Gasteiger partial charge on any atom is -0.497 e. The van der Waals surface area contributed by atoms with Crippen LogP contribution in [0.2, 0.25) is 5.02 Å². The van der Waals surface area contributed by atoms with Crippen LogP contribution in [-0.4, -0.2) is 54.1 Å². The number of nitrogens with one attached hydrogen (secondary N) is 3. The first-order valence-electron chi connectivity index (χ1n) is 11.6. The highest BCUT2D eigenvalue weighted by Crippen LogP contribution is 2.17. The molecule has 0 bridgehead atoms. The highest BCUT2D eigenvalue weighted by molar-refractivity contribution is 7.89. The standard InChI is InChI=1S/C26H24ClN5O6S/c1-38-18-6-8-19(9-7-18)39(36,37)32-22(26(34)35)14-24-30-21-10-4-16(13-20(21)25(33)31-24)3-2-12-28-23-11-5-17(27)15-29-23/h2-11,13,15,22,32H,12,14H2,1H3,(H,28,29)(H,34,35)(H,30,31,33)/t22-/m0/s1. The molecule has 39 heavy (non-hydrogen) atoms. The number of hydrogen-bond acceptors (Lipinski definition) is 8. The second-order valence-corrected chi connectivity index (χ2v) is 10.5. The van der Waals surface area contributed by atoms with E-state index in [1.807, 2.05) is 12.2 Å². The molecule has 4 N–H and O–H groups in total. The molecule has 4 aromatic rings. The lowest BCUT2D eigenvalue weighted by Gasteiger charge is -2.15. The van der Waals surface area contributed by atoms with Gasteiger partial charge >= 0.3 is 5.97 Å². The Morgan fingerprint density at radius 2 is 1.95 bits per heavy atom. The number of benzene rings is 2. The molecule has 2 heterocycles. The number of nitrogens with zero attached hydrogens (tertiary/aromatic N) is 2. The number of aliphatic carboxylic acids is 1. The number of rotatable bonds is 11. The van der Waals surface area contributed by atoms with Gasteiger partial charge in [0.25, 0.3) is 5.56 Å². The number of aromatic nitrogens is 3. The minimum atomic E-state index is -4.17. The molecule has 13 heteroatoms. The zero-order valence-corrected chi connectivity index (χ0v) is 22.2. The van der Waals surface area contributed by atoms with Crippen molar-refractivity contribution < 1.29 is 23.1 Å². The second-order valence-electron chi connectivity index (χ2n) is 8.33. The quantitative estimate of drug-likeness (QED) is 0.212. The number of carboxylic acid groups (broad SMARTS) is 1. The van der Waals surface area contributed by atoms with Gasteiger partial charge in [-0.3, -0.25) is 9.59 Å². The number of aromatic amines is 1. The number of carboxylic acids is 1. The summed E-state index contributed by atoms with van der Waals surface area (Å²) in [5.74, 6) is -0.271. The van der Waals surface area contributed by atoms with Crippen molar-refractivity contribution in [2.75, 3.05) is 19.0 Å². The Labute approximate surface area is 228 Å². The van der Waals surface area contributed by atoms with Crippen molar-refractivity contribution in [2.45, 2.75) is 17.4 Å². The normalized spacial score (nSPS) is 12.5. The van der Waals surface area contributed by atoms with Crippen LogP contribution >= 0.6 is 11.6 Å². The van der Waals surface area contributed by atoms with E-state index in [1.165, 1.54) is 31.4 Å². The maximum Gasteiger partial charge on any atom is 0.322 e. The van der Waals surface area contributed by atoms with Crippen molar-refractivity contribution in [3.05, 3.63) is 93.6 Å². The van der Waals surface area contributed by atoms with Crippen LogP contribution in [0.25, 0.3) is 17.0 Å². The number of ether oxygens (including phenoxy) is 1. The maximum absolute atomic E-state index is 12.8. The number of halogens is 1. The zero-order valence-electron chi connectivity index (χ0n) is 20.6. The van der Waals surface area contributed by atoms with E-state index >= 15 is 0 Å². The molecule has 202 valence electrons. The van der Waals surface area contributed by atoms with Crippen LogP contribution in [0.4, 0.5) is 5.82 Å². The minimum absolute atomic E-state index is 0.0280. The van der Waals surface area contributed by atoms with Crippen LogP contribution in [0.3, 0.4) is 0 Å². The topological polar surface area (TPSA) is 163 Å². The third-order valence-electron chi connectivity index (χ3n) is 5.58. The molecule has 0 unspecified atom stereocenters. The zero-order chi connectivity index (χ0) is 28.0. The van der Waals surface area contributed by atoms with E-state index in [0.29, 0.717) is 34.0 Å². The van der Waals surface area contributed by atoms with Crippen molar-refractivity contribution in [1.29, 1.82) is 0 Å². The number of anilines is 1. The summed E-state index contributed by atoms with van der Waals surface area (Å²) < 4.78 is 32.6. The summed E-state index contributed by atoms with van der Waals surface area (Å²) in [5, 5.41) is 13.6. The smallest absolute Gasteiger partial charge is 0.322 e. The molecule has 0 radical (unpaired) electrons. The molecule has 0 aliphatic carbocycles. The van der Waals surface area contributed by atoms with Gasteiger partial charge in [0, 0.05) is 19.2 Å². The van der Waals surface area contributed by atoms with Gasteiger partial charge in [-0.1, -0.05) is 29.8 Å². The van der Waals surface area contributed by atoms with Gasteiger partial charge in [0.2, 0.25) is 10.0 Å². The highest BCUT2D eigenvalue weighted by Gasteiger charge is 2.27. The van der Waals surface area contributed by atoms with E-state index in [9.17, 15) is 23.1 Å². The molecule has 2 aromatic heterocycles. The van der Waals surface area contributed by atoms with Crippen LogP contribution in [0, 0.1) is 0 Å². The SMILES string of the molecule is COc1ccc(S(=O)(=O)N[C@@H](Cc2nc3ccc(C=CCNc4ccc(Cl)cn4)cc3c(=O)[nH]2)C(=O)O)cc1. The number of fused-ring (bicyclic) bond motifs is 1. The van der Waals surface area contributed by atoms with E-state index in [4.69, 9.17) is 16.3 Å². The van der Waals surface area contributed by atoms with Gasteiger partial charge in [0.15, 0.2) is 0 Å². The predicted octanol–water partition coefficient (Wildman–Crippen LogP) is 3.08. The molecular weight excluding hydrogens is 546 g/mol. The first kappa shape index (κ1) is 27.8. The van der Waals surface area contributed by atoms with Crippen LogP contribution in [0.15, 0.2) is 76.6 Å². The average molecular weight is 570 g/mol. The van der Waals surface area contributed by atoms with Gasteiger partial charge in [-0.15, -0.1) is 0 Å². The summed E-state index contributed by atoms with van der Waals surface area (Å²) in [4.78, 5) is 35.5. The van der Waals surface area contributed by atoms with E-state index < -0.39 is 27.6 Å². The van der Waals surface area contributed by atoms with Crippen molar-refractivity contribution in [3.8, 4) is 5.75 Å². The summed E-state index contributed by atoms with van der Waals surface area (Å²) in [5.41, 5.74) is 0.622. The molecule has 0 saturated carbocycles. The lowest BCUT2D eigenvalue weighted by Crippen LogP contribution is -2.42. The second kappa shape index (κ2) is 12.1. The number of methoxy groups -OCH3 is 1. The van der Waals surface area contributed by atoms with Crippen molar-refractivity contribution in [2.24, 2.45) is 0 Å². The number of H-pyrrole nitrogens is 1. The van der Waals surface area contributed by atoms with E-state index in [-0.39, 0.29) is 17.1 Å². The summed E-state index contributed by atoms with van der Waals surface area (Å²) in [6.45, 7) is 0.489. The number of sulfonamides is 1. The van der Waals surface area contributed by atoms with Crippen molar-refractivity contribution >= 4 is 50.4 Å². The largest absolute Gasteiger partial charge is 0.497 e. The summed E-state index contributed by atoms with van der Waals surface area (Å²) in [6, 6.07) is 12.5. The van der Waals surface area contributed by atoms with Crippen molar-refractivity contribution in [1.82, 2.24) is 19.7 Å². The molecule has 11 nitrogen and oxygen atoms in total. The van der Waals surface area contributed by atoms with Gasteiger partial charge in [0.1, 0.15) is 23.4 Å². The Hall–Kier alpha value is -4.26. The number of carbonyl (C=O) groups is 1. The Balaban J connectivity index is 1.47. The Morgan fingerprint density at radius 1 is 1.18 bits per heavy atom. The monoisotopic (exact) mass is 569 g/mol. The van der Waals surface area contributed by atoms with E-state index in [1.54, 1.807) is 36.5 Å². The molecule has 0 fully saturated rings. The summed E-state index contributed by atoms with van der Waals surface area (Å²) in [7, 11) is -2.73. The van der Waals surface area contributed by atoms with Gasteiger partial charge in [-0.25, -0.2) is 18.4 Å². The third kappa shape index (κ3) is 7.19. The van der Waals surface area contributed by atoms with Gasteiger partial charge in [-0.2, -0.15) is 4.72 Å². The molecule has 0 aliphatic heterocycles. The fraction of sp³-hybridized carbons (Fsp3) is 0.154. The van der Waals surface area contributed by atoms with Crippen LogP contribution < -0.4 is 20.3 Å². The molecule has 2 aromatic carbocycles. The molecular formula is C26H24ClN5O6S. The molecule has 1 atom stereocenters. The summed E-state index contributed by atoms with van der Waals surface area (Å²) in [6.07, 6.45) is 4.85. The Kier molecular flexibility index (Phi) is 8.59. The lowest BCUT2D eigenvalue weighted by atomic mass is 10.1. The predicted molar refractivity (Wildman–Crippen MR) is 148 cm³/mol. The van der Waals surface area contributed by atoms with Crippen LogP contribution in [0.5, 0.6) is 5.75 Å². The molecule has 0 aliphatic rings. The first-order valence-corrected chi connectivity index (χ1v) is 13.4. The van der Waals surface area contributed by atoms with E-state index in [0.717, 1.165) is 5.56 Å². The number of pyridine rings is 1. The fourth-order valence-corrected chi connectivity index (χ4v) is 4.93. The van der Waals surface area contributed by atoms with Gasteiger partial charge in [0.05, 0.1) is 27.9 Å². The van der Waals surface area contributed by atoms with Gasteiger partial charge < -0.3 is 20.1 Å². The number of hydrogen-bond donors (Lipinski definition) is 4.